The lowest BCUT2D eigenvalue weighted by Gasteiger charge is -2.00. The monoisotopic (exact) mass is 255 g/mol. The zero-order valence-electron chi connectivity index (χ0n) is 7.92. The maximum Gasteiger partial charge on any atom is 0.282 e. The minimum atomic E-state index is -0.324. The molecule has 2 rings (SSSR count). The summed E-state index contributed by atoms with van der Waals surface area (Å²) in [7, 11) is 0. The van der Waals surface area contributed by atoms with Gasteiger partial charge in [0, 0.05) is 6.20 Å². The van der Waals surface area contributed by atoms with Crippen LogP contribution in [0.2, 0.25) is 4.47 Å². The molecule has 6 nitrogen and oxygen atoms in total. The van der Waals surface area contributed by atoms with Gasteiger partial charge in [-0.2, -0.15) is 10.2 Å². The topological polar surface area (TPSA) is 80.7 Å². The van der Waals surface area contributed by atoms with Crippen LogP contribution in [0.4, 0.5) is 0 Å². The Kier molecular flexibility index (Phi) is 3.37. The molecule has 0 aromatic carbocycles. The molecule has 1 N–H and O–H groups in total. The highest BCUT2D eigenvalue weighted by molar-refractivity contribution is 7.17. The van der Waals surface area contributed by atoms with E-state index < -0.39 is 0 Å². The Morgan fingerprint density at radius 1 is 1.44 bits per heavy atom. The Balaban J connectivity index is 1.94. The van der Waals surface area contributed by atoms with Crippen molar-refractivity contribution in [1.82, 2.24) is 25.7 Å². The van der Waals surface area contributed by atoms with Gasteiger partial charge in [0.05, 0.1) is 12.2 Å². The highest BCUT2D eigenvalue weighted by Gasteiger charge is 2.11. The Labute approximate surface area is 99.7 Å². The van der Waals surface area contributed by atoms with Gasteiger partial charge in [-0.1, -0.05) is 11.3 Å². The van der Waals surface area contributed by atoms with Gasteiger partial charge >= 0.3 is 0 Å². The number of halogens is 1. The van der Waals surface area contributed by atoms with Gasteiger partial charge in [-0.05, 0) is 23.7 Å². The largest absolute Gasteiger partial charge is 0.344 e. The molecule has 0 aliphatic rings. The van der Waals surface area contributed by atoms with Gasteiger partial charge in [0.15, 0.2) is 0 Å². The number of aromatic nitrogens is 4. The summed E-state index contributed by atoms with van der Waals surface area (Å²) in [4.78, 5) is 11.5. The molecule has 0 atom stereocenters. The minimum Gasteiger partial charge on any atom is -0.344 e. The van der Waals surface area contributed by atoms with Crippen molar-refractivity contribution in [2.45, 2.75) is 6.54 Å². The molecule has 82 valence electrons. The molecule has 0 bridgehead atoms. The zero-order chi connectivity index (χ0) is 11.4. The van der Waals surface area contributed by atoms with Crippen molar-refractivity contribution in [3.63, 3.8) is 0 Å². The summed E-state index contributed by atoms with van der Waals surface area (Å²) in [6, 6.07) is 3.51. The van der Waals surface area contributed by atoms with Crippen LogP contribution in [0.25, 0.3) is 0 Å². The summed E-state index contributed by atoms with van der Waals surface area (Å²) in [6.07, 6.45) is 1.57. The van der Waals surface area contributed by atoms with Crippen LogP contribution in [-0.2, 0) is 6.54 Å². The number of carbonyl (C=O) groups excluding carboxylic acids is 1. The van der Waals surface area contributed by atoms with E-state index in [4.69, 9.17) is 11.6 Å². The lowest BCUT2D eigenvalue weighted by molar-refractivity contribution is 0.0949. The Morgan fingerprint density at radius 2 is 2.31 bits per heavy atom. The van der Waals surface area contributed by atoms with Gasteiger partial charge < -0.3 is 5.32 Å². The molecular weight excluding hydrogens is 250 g/mol. The smallest absolute Gasteiger partial charge is 0.282 e. The van der Waals surface area contributed by atoms with Crippen molar-refractivity contribution >= 4 is 28.8 Å². The molecule has 0 radical (unpaired) electrons. The quantitative estimate of drug-likeness (QED) is 0.882. The number of nitrogens with one attached hydrogen (secondary N) is 1. The summed E-state index contributed by atoms with van der Waals surface area (Å²) < 4.78 is 0.240. The molecule has 0 fully saturated rings. The first-order chi connectivity index (χ1) is 7.75. The van der Waals surface area contributed by atoms with Crippen molar-refractivity contribution in [3.8, 4) is 0 Å². The molecule has 1 amide bonds. The molecular formula is C8H6ClN5OS. The van der Waals surface area contributed by atoms with Crippen molar-refractivity contribution in [3.05, 3.63) is 33.5 Å². The van der Waals surface area contributed by atoms with Gasteiger partial charge in [0.2, 0.25) is 9.47 Å². The van der Waals surface area contributed by atoms with Crippen molar-refractivity contribution in [1.29, 1.82) is 0 Å². The van der Waals surface area contributed by atoms with Crippen molar-refractivity contribution in [2.75, 3.05) is 0 Å². The molecule has 2 aromatic rings. The lowest BCUT2D eigenvalue weighted by Crippen LogP contribution is -2.23. The molecule has 16 heavy (non-hydrogen) atoms. The van der Waals surface area contributed by atoms with Crippen LogP contribution in [0.15, 0.2) is 18.3 Å². The van der Waals surface area contributed by atoms with Gasteiger partial charge in [-0.25, -0.2) is 0 Å². The van der Waals surface area contributed by atoms with Crippen LogP contribution in [0, 0.1) is 0 Å². The molecule has 0 saturated carbocycles. The number of nitrogens with zero attached hydrogens (tertiary/aromatic N) is 4. The van der Waals surface area contributed by atoms with Gasteiger partial charge in [-0.3, -0.25) is 4.79 Å². The van der Waals surface area contributed by atoms with E-state index in [1.807, 2.05) is 0 Å². The molecule has 8 heteroatoms. The number of amides is 1. The highest BCUT2D eigenvalue weighted by Crippen LogP contribution is 2.14. The summed E-state index contributed by atoms with van der Waals surface area (Å²) in [5, 5.41) is 17.5. The Hall–Kier alpha value is -1.60. The first-order valence-electron chi connectivity index (χ1n) is 4.29. The van der Waals surface area contributed by atoms with E-state index in [2.05, 4.69) is 25.7 Å². The third kappa shape index (κ3) is 2.71. The first-order valence-corrected chi connectivity index (χ1v) is 5.49. The lowest BCUT2D eigenvalue weighted by atomic mass is 10.4. The van der Waals surface area contributed by atoms with E-state index >= 15 is 0 Å². The number of carbonyl (C=O) groups is 1. The molecule has 0 aliphatic heterocycles. The van der Waals surface area contributed by atoms with Gasteiger partial charge in [-0.15, -0.1) is 10.2 Å². The standard InChI is InChI=1S/C8H6ClN5OS/c9-8-14-13-7(16-8)6(15)10-4-5-2-1-3-11-12-5/h1-3H,4H2,(H,10,15). The molecule has 2 heterocycles. The Bertz CT molecular complexity index is 488. The SMILES string of the molecule is O=C(NCc1cccnn1)c1nnc(Cl)s1. The molecule has 0 spiro atoms. The van der Waals surface area contributed by atoms with E-state index in [0.29, 0.717) is 12.2 Å². The fourth-order valence-electron chi connectivity index (χ4n) is 0.971. The average Bonchev–Trinajstić information content (AvgIpc) is 2.74. The normalized spacial score (nSPS) is 10.1. The van der Waals surface area contributed by atoms with Crippen LogP contribution >= 0.6 is 22.9 Å². The van der Waals surface area contributed by atoms with Crippen LogP contribution in [0.1, 0.15) is 15.5 Å². The maximum atomic E-state index is 11.5. The third-order valence-electron chi connectivity index (χ3n) is 1.65. The fraction of sp³-hybridized carbons (Fsp3) is 0.125. The van der Waals surface area contributed by atoms with E-state index in [1.54, 1.807) is 18.3 Å². The molecule has 0 aliphatic carbocycles. The van der Waals surface area contributed by atoms with Gasteiger partial charge in [0.25, 0.3) is 5.91 Å². The van der Waals surface area contributed by atoms with E-state index in [0.717, 1.165) is 11.3 Å². The van der Waals surface area contributed by atoms with Crippen LogP contribution in [0.5, 0.6) is 0 Å². The van der Waals surface area contributed by atoms with Crippen LogP contribution in [0.3, 0.4) is 0 Å². The van der Waals surface area contributed by atoms with E-state index in [-0.39, 0.29) is 15.4 Å². The van der Waals surface area contributed by atoms with E-state index in [9.17, 15) is 4.79 Å². The Morgan fingerprint density at radius 3 is 2.94 bits per heavy atom. The number of rotatable bonds is 3. The number of hydrogen-bond donors (Lipinski definition) is 1. The van der Waals surface area contributed by atoms with Crippen molar-refractivity contribution in [2.24, 2.45) is 0 Å². The third-order valence-corrected chi connectivity index (χ3v) is 2.67. The zero-order valence-corrected chi connectivity index (χ0v) is 9.49. The van der Waals surface area contributed by atoms with Crippen LogP contribution in [-0.4, -0.2) is 26.3 Å². The second-order valence-electron chi connectivity index (χ2n) is 2.76. The summed E-state index contributed by atoms with van der Waals surface area (Å²) in [5.41, 5.74) is 0.673. The van der Waals surface area contributed by atoms with Crippen LogP contribution < -0.4 is 5.32 Å². The van der Waals surface area contributed by atoms with E-state index in [1.165, 1.54) is 0 Å². The number of hydrogen-bond acceptors (Lipinski definition) is 6. The van der Waals surface area contributed by atoms with Gasteiger partial charge in [0.1, 0.15) is 0 Å². The average molecular weight is 256 g/mol. The predicted octanol–water partition coefficient (Wildman–Crippen LogP) is 0.911. The molecule has 2 aromatic heterocycles. The second kappa shape index (κ2) is 4.95. The minimum absolute atomic E-state index is 0.230. The second-order valence-corrected chi connectivity index (χ2v) is 4.32. The summed E-state index contributed by atoms with van der Waals surface area (Å²) in [5.74, 6) is -0.324. The fourth-order valence-corrected chi connectivity index (χ4v) is 1.72. The molecule has 0 unspecified atom stereocenters. The highest BCUT2D eigenvalue weighted by atomic mass is 35.5. The first kappa shape index (κ1) is 10.9. The molecule has 0 saturated heterocycles. The summed E-state index contributed by atoms with van der Waals surface area (Å²) in [6.45, 7) is 0.296. The predicted molar refractivity (Wildman–Crippen MR) is 58.1 cm³/mol. The summed E-state index contributed by atoms with van der Waals surface area (Å²) >= 11 is 6.59. The van der Waals surface area contributed by atoms with Crippen molar-refractivity contribution < 1.29 is 4.79 Å². The maximum absolute atomic E-state index is 11.5.